The molecule has 0 aromatic carbocycles. The van der Waals surface area contributed by atoms with E-state index in [9.17, 15) is 0 Å². The molecule has 0 amide bonds. The lowest BCUT2D eigenvalue weighted by atomic mass is 10.1. The Hall–Kier alpha value is -0.120. The molecule has 0 rings (SSSR count). The summed E-state index contributed by atoms with van der Waals surface area (Å²) in [6, 6.07) is 0. The number of ether oxygens (including phenoxy) is 1. The van der Waals surface area contributed by atoms with Crippen molar-refractivity contribution in [3.8, 4) is 0 Å². The molecule has 0 aromatic rings. The fraction of sp³-hybridized carbons (Fsp3) is 1.00. The van der Waals surface area contributed by atoms with Crippen molar-refractivity contribution in [2.24, 2.45) is 5.92 Å². The minimum atomic E-state index is 0.805. The molecule has 92 valence electrons. The van der Waals surface area contributed by atoms with E-state index in [1.54, 1.807) is 7.11 Å². The van der Waals surface area contributed by atoms with Crippen LogP contribution in [0.25, 0.3) is 0 Å². The number of rotatable bonds is 10. The van der Waals surface area contributed by atoms with Crippen molar-refractivity contribution < 1.29 is 4.74 Å². The first kappa shape index (κ1) is 14.9. The minimum Gasteiger partial charge on any atom is -0.383 e. The smallest absolute Gasteiger partial charge is 0.0589 e. The van der Waals surface area contributed by atoms with Crippen LogP contribution in [0.1, 0.15) is 26.7 Å². The van der Waals surface area contributed by atoms with Gasteiger partial charge in [0.2, 0.25) is 0 Å². The van der Waals surface area contributed by atoms with Gasteiger partial charge in [0.25, 0.3) is 0 Å². The zero-order valence-electron chi connectivity index (χ0n) is 10.9. The molecule has 0 radical (unpaired) electrons. The minimum absolute atomic E-state index is 0.805. The van der Waals surface area contributed by atoms with Gasteiger partial charge in [-0.05, 0) is 25.9 Å². The molecule has 3 heteroatoms. The van der Waals surface area contributed by atoms with Gasteiger partial charge in [-0.3, -0.25) is 0 Å². The van der Waals surface area contributed by atoms with E-state index in [1.165, 1.54) is 12.8 Å². The molecule has 0 aliphatic heterocycles. The Morgan fingerprint density at radius 2 is 2.07 bits per heavy atom. The van der Waals surface area contributed by atoms with E-state index in [2.05, 4.69) is 31.1 Å². The van der Waals surface area contributed by atoms with Crippen LogP contribution in [0, 0.1) is 5.92 Å². The van der Waals surface area contributed by atoms with Crippen molar-refractivity contribution in [3.63, 3.8) is 0 Å². The van der Waals surface area contributed by atoms with Gasteiger partial charge in [0, 0.05) is 26.7 Å². The maximum absolute atomic E-state index is 5.03. The molecule has 0 saturated heterocycles. The molecule has 0 saturated carbocycles. The largest absolute Gasteiger partial charge is 0.383 e. The predicted molar refractivity (Wildman–Crippen MR) is 66.3 cm³/mol. The zero-order valence-corrected chi connectivity index (χ0v) is 10.9. The molecule has 0 aliphatic carbocycles. The van der Waals surface area contributed by atoms with Gasteiger partial charge in [0.1, 0.15) is 0 Å². The van der Waals surface area contributed by atoms with Gasteiger partial charge < -0.3 is 15.0 Å². The van der Waals surface area contributed by atoms with Crippen molar-refractivity contribution in [1.29, 1.82) is 0 Å². The van der Waals surface area contributed by atoms with Gasteiger partial charge in [-0.25, -0.2) is 0 Å². The van der Waals surface area contributed by atoms with Crippen LogP contribution in [0.5, 0.6) is 0 Å². The average Bonchev–Trinajstić information content (AvgIpc) is 2.22. The third-order valence-corrected chi connectivity index (χ3v) is 2.62. The van der Waals surface area contributed by atoms with Gasteiger partial charge in [-0.1, -0.05) is 20.3 Å². The highest BCUT2D eigenvalue weighted by Gasteiger charge is 2.00. The van der Waals surface area contributed by atoms with E-state index < -0.39 is 0 Å². The van der Waals surface area contributed by atoms with Gasteiger partial charge in [0.15, 0.2) is 0 Å². The summed E-state index contributed by atoms with van der Waals surface area (Å²) in [6.45, 7) is 9.72. The van der Waals surface area contributed by atoms with E-state index >= 15 is 0 Å². The first-order valence-corrected chi connectivity index (χ1v) is 6.08. The molecule has 15 heavy (non-hydrogen) atoms. The van der Waals surface area contributed by atoms with Crippen LogP contribution >= 0.6 is 0 Å². The Morgan fingerprint density at radius 3 is 2.67 bits per heavy atom. The van der Waals surface area contributed by atoms with Crippen LogP contribution in [0.2, 0.25) is 0 Å². The lowest BCUT2D eigenvalue weighted by molar-refractivity contribution is 0.161. The zero-order chi connectivity index (χ0) is 11.5. The molecule has 0 aliphatic rings. The summed E-state index contributed by atoms with van der Waals surface area (Å²) in [7, 11) is 3.88. The molecule has 0 spiro atoms. The van der Waals surface area contributed by atoms with Crippen molar-refractivity contribution >= 4 is 0 Å². The highest BCUT2D eigenvalue weighted by atomic mass is 16.5. The molecule has 0 bridgehead atoms. The van der Waals surface area contributed by atoms with Crippen molar-refractivity contribution in [2.75, 3.05) is 46.9 Å². The first-order chi connectivity index (χ1) is 7.20. The fourth-order valence-electron chi connectivity index (χ4n) is 1.57. The molecule has 1 N–H and O–H groups in total. The average molecular weight is 216 g/mol. The summed E-state index contributed by atoms with van der Waals surface area (Å²) in [5, 5.41) is 3.49. The van der Waals surface area contributed by atoms with Gasteiger partial charge >= 0.3 is 0 Å². The number of nitrogens with one attached hydrogen (secondary N) is 1. The van der Waals surface area contributed by atoms with Crippen LogP contribution in [0.15, 0.2) is 0 Å². The van der Waals surface area contributed by atoms with Crippen molar-refractivity contribution in [2.45, 2.75) is 26.7 Å². The summed E-state index contributed by atoms with van der Waals surface area (Å²) in [5.74, 6) is 0.805. The highest BCUT2D eigenvalue weighted by molar-refractivity contribution is 4.58. The molecular weight excluding hydrogens is 188 g/mol. The maximum atomic E-state index is 5.03. The van der Waals surface area contributed by atoms with Crippen LogP contribution in [-0.4, -0.2) is 51.8 Å². The van der Waals surface area contributed by atoms with Gasteiger partial charge in [0.05, 0.1) is 6.61 Å². The molecule has 1 atom stereocenters. The lowest BCUT2D eigenvalue weighted by Gasteiger charge is -2.17. The van der Waals surface area contributed by atoms with E-state index in [0.29, 0.717) is 0 Å². The number of methoxy groups -OCH3 is 1. The summed E-state index contributed by atoms with van der Waals surface area (Å²) >= 11 is 0. The standard InChI is InChI=1S/C12H28N2O/c1-5-6-12(2)11-13-7-8-14(3)9-10-15-4/h12-13H,5-11H2,1-4H3. The van der Waals surface area contributed by atoms with E-state index in [1.807, 2.05) is 0 Å². The molecule has 3 nitrogen and oxygen atoms in total. The third kappa shape index (κ3) is 10.2. The molecule has 0 heterocycles. The first-order valence-electron chi connectivity index (χ1n) is 6.08. The second kappa shape index (κ2) is 10.4. The van der Waals surface area contributed by atoms with Gasteiger partial charge in [-0.2, -0.15) is 0 Å². The molecule has 0 aromatic heterocycles. The van der Waals surface area contributed by atoms with Crippen LogP contribution in [0.3, 0.4) is 0 Å². The topological polar surface area (TPSA) is 24.5 Å². The number of nitrogens with zero attached hydrogens (tertiary/aromatic N) is 1. The summed E-state index contributed by atoms with van der Waals surface area (Å²) in [5.41, 5.74) is 0. The van der Waals surface area contributed by atoms with E-state index in [-0.39, 0.29) is 0 Å². The van der Waals surface area contributed by atoms with Crippen LogP contribution in [-0.2, 0) is 4.74 Å². The SMILES string of the molecule is CCCC(C)CNCCN(C)CCOC. The summed E-state index contributed by atoms with van der Waals surface area (Å²) in [6.07, 6.45) is 2.61. The number of hydrogen-bond acceptors (Lipinski definition) is 3. The van der Waals surface area contributed by atoms with E-state index in [4.69, 9.17) is 4.74 Å². The Labute approximate surface area is 95.2 Å². The monoisotopic (exact) mass is 216 g/mol. The number of likely N-dealkylation sites (N-methyl/N-ethyl adjacent to an activating group) is 1. The fourth-order valence-corrected chi connectivity index (χ4v) is 1.57. The van der Waals surface area contributed by atoms with Crippen LogP contribution < -0.4 is 5.32 Å². The predicted octanol–water partition coefficient (Wildman–Crippen LogP) is 1.59. The lowest BCUT2D eigenvalue weighted by Crippen LogP contribution is -2.33. The molecule has 0 fully saturated rings. The molecule has 1 unspecified atom stereocenters. The van der Waals surface area contributed by atoms with E-state index in [0.717, 1.165) is 38.7 Å². The Balaban J connectivity index is 3.22. The van der Waals surface area contributed by atoms with Crippen LogP contribution in [0.4, 0.5) is 0 Å². The Bertz CT molecular complexity index is 131. The second-order valence-corrected chi connectivity index (χ2v) is 4.39. The maximum Gasteiger partial charge on any atom is 0.0589 e. The quantitative estimate of drug-likeness (QED) is 0.561. The normalized spacial score (nSPS) is 13.4. The van der Waals surface area contributed by atoms with Crippen molar-refractivity contribution in [1.82, 2.24) is 10.2 Å². The summed E-state index contributed by atoms with van der Waals surface area (Å²) < 4.78 is 5.03. The Kier molecular flexibility index (Phi) is 10.3. The number of hydrogen-bond donors (Lipinski definition) is 1. The van der Waals surface area contributed by atoms with Gasteiger partial charge in [-0.15, -0.1) is 0 Å². The Morgan fingerprint density at radius 1 is 1.33 bits per heavy atom. The second-order valence-electron chi connectivity index (χ2n) is 4.39. The van der Waals surface area contributed by atoms with Crippen molar-refractivity contribution in [3.05, 3.63) is 0 Å². The molecular formula is C12H28N2O. The third-order valence-electron chi connectivity index (χ3n) is 2.62. The highest BCUT2D eigenvalue weighted by Crippen LogP contribution is 2.02. The summed E-state index contributed by atoms with van der Waals surface area (Å²) in [4.78, 5) is 2.29.